The molecule has 2 N–H and O–H groups in total. The molecule has 1 fully saturated rings. The van der Waals surface area contributed by atoms with Gasteiger partial charge < -0.3 is 15.3 Å². The zero-order valence-corrected chi connectivity index (χ0v) is 9.90. The third kappa shape index (κ3) is 2.44. The number of hydrogen-bond donors (Lipinski definition) is 2. The molecule has 1 aliphatic heterocycles. The molecule has 2 heterocycles. The largest absolute Gasteiger partial charge is 0.388 e. The summed E-state index contributed by atoms with van der Waals surface area (Å²) in [7, 11) is 0. The van der Waals surface area contributed by atoms with E-state index in [0.717, 1.165) is 30.9 Å². The molecule has 1 aliphatic rings. The summed E-state index contributed by atoms with van der Waals surface area (Å²) >= 11 is 0. The number of β-amino-alcohol motifs (C(OH)–C–C–N with tert-alkyl or cyclic N) is 1. The highest BCUT2D eigenvalue weighted by Gasteiger charge is 2.31. The summed E-state index contributed by atoms with van der Waals surface area (Å²) in [6.07, 6.45) is 4.49. The molecule has 4 heteroatoms. The van der Waals surface area contributed by atoms with E-state index in [4.69, 9.17) is 0 Å². The molecule has 0 bridgehead atoms. The average Bonchev–Trinajstić information content (AvgIpc) is 2.60. The van der Waals surface area contributed by atoms with E-state index in [1.54, 1.807) is 0 Å². The summed E-state index contributed by atoms with van der Waals surface area (Å²) in [5.74, 6) is 0. The summed E-state index contributed by atoms with van der Waals surface area (Å²) < 4.78 is 0. The quantitative estimate of drug-likeness (QED) is 0.811. The number of aromatic nitrogens is 1. The van der Waals surface area contributed by atoms with Gasteiger partial charge in [0.05, 0.1) is 29.4 Å². The van der Waals surface area contributed by atoms with Crippen LogP contribution in [0.3, 0.4) is 0 Å². The lowest BCUT2D eigenvalue weighted by Crippen LogP contribution is -2.29. The minimum absolute atomic E-state index is 0.561. The molecule has 88 valence electrons. The molecule has 4 nitrogen and oxygen atoms in total. The summed E-state index contributed by atoms with van der Waals surface area (Å²) in [5.41, 5.74) is 1.55. The van der Waals surface area contributed by atoms with E-state index in [-0.39, 0.29) is 0 Å². The maximum atomic E-state index is 9.92. The third-order valence-corrected chi connectivity index (χ3v) is 2.92. The molecular weight excluding hydrogens is 202 g/mol. The molecule has 1 saturated heterocycles. The Morgan fingerprint density at radius 2 is 2.38 bits per heavy atom. The van der Waals surface area contributed by atoms with Crippen LogP contribution in [0.25, 0.3) is 0 Å². The second kappa shape index (κ2) is 4.29. The van der Waals surface area contributed by atoms with E-state index >= 15 is 0 Å². The van der Waals surface area contributed by atoms with Crippen LogP contribution in [0.4, 0.5) is 11.4 Å². The van der Waals surface area contributed by atoms with Crippen LogP contribution in [0.5, 0.6) is 0 Å². The van der Waals surface area contributed by atoms with E-state index in [9.17, 15) is 5.11 Å². The van der Waals surface area contributed by atoms with Crippen LogP contribution >= 0.6 is 0 Å². The topological polar surface area (TPSA) is 48.4 Å². The van der Waals surface area contributed by atoms with Crippen molar-refractivity contribution in [2.75, 3.05) is 29.9 Å². The van der Waals surface area contributed by atoms with Crippen molar-refractivity contribution in [2.45, 2.75) is 25.9 Å². The van der Waals surface area contributed by atoms with Crippen LogP contribution in [0.2, 0.25) is 0 Å². The fourth-order valence-corrected chi connectivity index (χ4v) is 2.07. The van der Waals surface area contributed by atoms with E-state index in [1.807, 2.05) is 19.3 Å². The molecule has 0 radical (unpaired) electrons. The predicted molar refractivity (Wildman–Crippen MR) is 65.9 cm³/mol. The number of nitrogens with zero attached hydrogens (tertiary/aromatic N) is 2. The van der Waals surface area contributed by atoms with E-state index < -0.39 is 5.60 Å². The number of pyridine rings is 1. The van der Waals surface area contributed by atoms with Gasteiger partial charge in [0.15, 0.2) is 0 Å². The fraction of sp³-hybridized carbons (Fsp3) is 0.583. The molecule has 0 aliphatic carbocycles. The fourth-order valence-electron chi connectivity index (χ4n) is 2.07. The van der Waals surface area contributed by atoms with Gasteiger partial charge in [-0.1, -0.05) is 0 Å². The maximum Gasteiger partial charge on any atom is 0.0810 e. The van der Waals surface area contributed by atoms with Crippen molar-refractivity contribution >= 4 is 11.4 Å². The predicted octanol–water partition coefficient (Wildman–Crippen LogP) is 1.47. The molecule has 0 spiro atoms. The summed E-state index contributed by atoms with van der Waals surface area (Å²) in [6, 6.07) is 2.08. The minimum Gasteiger partial charge on any atom is -0.388 e. The molecule has 0 saturated carbocycles. The Balaban J connectivity index is 2.12. The second-order valence-electron chi connectivity index (χ2n) is 4.63. The van der Waals surface area contributed by atoms with Crippen molar-refractivity contribution in [2.24, 2.45) is 0 Å². The first-order valence-corrected chi connectivity index (χ1v) is 5.77. The maximum absolute atomic E-state index is 9.92. The van der Waals surface area contributed by atoms with Gasteiger partial charge in [-0.05, 0) is 26.3 Å². The van der Waals surface area contributed by atoms with Crippen molar-refractivity contribution in [1.29, 1.82) is 0 Å². The highest BCUT2D eigenvalue weighted by molar-refractivity contribution is 5.56. The van der Waals surface area contributed by atoms with Crippen LogP contribution in [-0.2, 0) is 0 Å². The number of aliphatic hydroxyl groups is 1. The number of nitrogens with one attached hydrogen (secondary N) is 1. The third-order valence-electron chi connectivity index (χ3n) is 2.92. The van der Waals surface area contributed by atoms with Crippen LogP contribution < -0.4 is 10.2 Å². The van der Waals surface area contributed by atoms with Crippen LogP contribution in [0.1, 0.15) is 20.3 Å². The van der Waals surface area contributed by atoms with Crippen molar-refractivity contribution in [3.63, 3.8) is 0 Å². The van der Waals surface area contributed by atoms with Gasteiger partial charge in [-0.15, -0.1) is 0 Å². The van der Waals surface area contributed by atoms with Crippen LogP contribution in [0, 0.1) is 0 Å². The van der Waals surface area contributed by atoms with Gasteiger partial charge in [-0.25, -0.2) is 0 Å². The average molecular weight is 221 g/mol. The van der Waals surface area contributed by atoms with Crippen molar-refractivity contribution in [3.05, 3.63) is 18.5 Å². The first-order valence-electron chi connectivity index (χ1n) is 5.77. The van der Waals surface area contributed by atoms with Crippen molar-refractivity contribution < 1.29 is 5.11 Å². The first kappa shape index (κ1) is 11.2. The van der Waals surface area contributed by atoms with Crippen LogP contribution in [0.15, 0.2) is 18.5 Å². The van der Waals surface area contributed by atoms with Crippen molar-refractivity contribution in [1.82, 2.24) is 4.98 Å². The van der Waals surface area contributed by atoms with Gasteiger partial charge in [0.1, 0.15) is 0 Å². The zero-order chi connectivity index (χ0) is 11.6. The molecule has 1 aromatic heterocycles. The molecule has 0 aromatic carbocycles. The van der Waals surface area contributed by atoms with E-state index in [1.165, 1.54) is 0 Å². The molecule has 1 atom stereocenters. The number of rotatable bonds is 3. The molecule has 1 unspecified atom stereocenters. The Morgan fingerprint density at radius 1 is 1.56 bits per heavy atom. The Kier molecular flexibility index (Phi) is 3.01. The Labute approximate surface area is 96.3 Å². The zero-order valence-electron chi connectivity index (χ0n) is 9.90. The number of anilines is 2. The molecule has 0 amide bonds. The SMILES string of the molecule is CCNc1cncc(N2CCC(C)(O)C2)c1. The summed E-state index contributed by atoms with van der Waals surface area (Å²) in [5, 5.41) is 13.2. The smallest absolute Gasteiger partial charge is 0.0810 e. The minimum atomic E-state index is -0.561. The number of hydrogen-bond acceptors (Lipinski definition) is 4. The Hall–Kier alpha value is -1.29. The summed E-state index contributed by atoms with van der Waals surface area (Å²) in [4.78, 5) is 6.38. The van der Waals surface area contributed by atoms with Crippen LogP contribution in [-0.4, -0.2) is 35.3 Å². The monoisotopic (exact) mass is 221 g/mol. The Bertz CT molecular complexity index is 365. The normalized spacial score (nSPS) is 24.8. The molecule has 1 aromatic rings. The van der Waals surface area contributed by atoms with Gasteiger partial charge in [0.2, 0.25) is 0 Å². The van der Waals surface area contributed by atoms with Gasteiger partial charge in [-0.2, -0.15) is 0 Å². The lowest BCUT2D eigenvalue weighted by Gasteiger charge is -2.21. The lowest BCUT2D eigenvalue weighted by molar-refractivity contribution is 0.0839. The van der Waals surface area contributed by atoms with Gasteiger partial charge >= 0.3 is 0 Å². The van der Waals surface area contributed by atoms with E-state index in [2.05, 4.69) is 28.2 Å². The van der Waals surface area contributed by atoms with Gasteiger partial charge in [0, 0.05) is 19.6 Å². The van der Waals surface area contributed by atoms with Gasteiger partial charge in [-0.3, -0.25) is 4.98 Å². The highest BCUT2D eigenvalue weighted by atomic mass is 16.3. The lowest BCUT2D eigenvalue weighted by atomic mass is 10.1. The standard InChI is InChI=1S/C12H19N3O/c1-3-14-10-6-11(8-13-7-10)15-5-4-12(2,16)9-15/h6-8,14,16H,3-5,9H2,1-2H3. The van der Waals surface area contributed by atoms with E-state index in [0.29, 0.717) is 6.54 Å². The first-order chi connectivity index (χ1) is 7.61. The Morgan fingerprint density at radius 3 is 3.00 bits per heavy atom. The van der Waals surface area contributed by atoms with Gasteiger partial charge in [0.25, 0.3) is 0 Å². The summed E-state index contributed by atoms with van der Waals surface area (Å²) in [6.45, 7) is 6.42. The second-order valence-corrected chi connectivity index (χ2v) is 4.63. The highest BCUT2D eigenvalue weighted by Crippen LogP contribution is 2.27. The molecular formula is C12H19N3O. The molecule has 2 rings (SSSR count). The molecule has 16 heavy (non-hydrogen) atoms. The van der Waals surface area contributed by atoms with Crippen molar-refractivity contribution in [3.8, 4) is 0 Å².